The molecule has 2 atom stereocenters. The Kier molecular flexibility index (Phi) is 6.13. The number of ether oxygens (including phenoxy) is 3. The second kappa shape index (κ2) is 9.52. The maximum Gasteiger partial charge on any atom is 0.247 e. The van der Waals surface area contributed by atoms with Gasteiger partial charge in [-0.15, -0.1) is 0 Å². The van der Waals surface area contributed by atoms with Crippen LogP contribution in [-0.2, 0) is 16.1 Å². The fourth-order valence-electron chi connectivity index (χ4n) is 4.08. The maximum absolute atomic E-state index is 12.9. The van der Waals surface area contributed by atoms with Gasteiger partial charge in [0.05, 0.1) is 24.4 Å². The van der Waals surface area contributed by atoms with E-state index >= 15 is 0 Å². The fourth-order valence-corrected chi connectivity index (χ4v) is 4.08. The van der Waals surface area contributed by atoms with Crippen LogP contribution in [0.3, 0.4) is 0 Å². The number of pyridine rings is 2. The first-order valence-corrected chi connectivity index (χ1v) is 11.1. The first-order chi connectivity index (χ1) is 16.6. The third kappa shape index (κ3) is 4.58. The van der Waals surface area contributed by atoms with Crippen LogP contribution >= 0.6 is 0 Å². The van der Waals surface area contributed by atoms with E-state index in [9.17, 15) is 9.59 Å². The van der Waals surface area contributed by atoms with Crippen molar-refractivity contribution in [3.05, 3.63) is 48.2 Å². The number of carbonyl (C=O) groups is 2. The SMILES string of the molecule is COc1ccc2nccc(NC(=O)[C@@H]3CC[C@H](NCc4ccc5c(c4)OCCO5)C(=O)N3)c2n1. The minimum Gasteiger partial charge on any atom is -0.486 e. The Balaban J connectivity index is 1.18. The Morgan fingerprint density at radius 2 is 2.00 bits per heavy atom. The molecule has 2 aromatic heterocycles. The molecule has 3 aromatic rings. The van der Waals surface area contributed by atoms with E-state index in [1.54, 1.807) is 24.4 Å². The minimum absolute atomic E-state index is 0.205. The Morgan fingerprint density at radius 3 is 2.82 bits per heavy atom. The summed E-state index contributed by atoms with van der Waals surface area (Å²) < 4.78 is 16.3. The van der Waals surface area contributed by atoms with E-state index in [1.165, 1.54) is 7.11 Å². The number of amides is 2. The number of piperidine rings is 1. The molecule has 0 saturated carbocycles. The number of nitrogens with one attached hydrogen (secondary N) is 3. The number of rotatable bonds is 6. The van der Waals surface area contributed by atoms with Gasteiger partial charge in [0, 0.05) is 18.8 Å². The van der Waals surface area contributed by atoms with Crippen molar-refractivity contribution < 1.29 is 23.8 Å². The third-order valence-electron chi connectivity index (χ3n) is 5.88. The molecule has 2 amide bonds. The Hall–Kier alpha value is -3.92. The number of hydrogen-bond acceptors (Lipinski definition) is 8. The standard InChI is InChI=1S/C24H25N5O5/c1-32-21-7-5-15-22(29-21)16(8-9-25-15)27-24(31)18-4-3-17(23(30)28-18)26-13-14-2-6-19-20(12-14)34-11-10-33-19/h2,5-9,12,17-18,26H,3-4,10-11,13H2,1H3,(H,28,30)(H,25,27,31)/t17-,18-/m0/s1. The summed E-state index contributed by atoms with van der Waals surface area (Å²) in [7, 11) is 1.53. The van der Waals surface area contributed by atoms with Crippen LogP contribution in [0.2, 0.25) is 0 Å². The van der Waals surface area contributed by atoms with Gasteiger partial charge < -0.3 is 30.2 Å². The number of methoxy groups -OCH3 is 1. The number of aromatic nitrogens is 2. The van der Waals surface area contributed by atoms with Gasteiger partial charge in [0.15, 0.2) is 11.5 Å². The average Bonchev–Trinajstić information content (AvgIpc) is 2.87. The zero-order valence-corrected chi connectivity index (χ0v) is 18.7. The highest BCUT2D eigenvalue weighted by molar-refractivity contribution is 6.03. The zero-order chi connectivity index (χ0) is 23.5. The molecule has 4 heterocycles. The molecule has 0 spiro atoms. The molecule has 1 aromatic carbocycles. The van der Waals surface area contributed by atoms with Crippen molar-refractivity contribution in [2.45, 2.75) is 31.5 Å². The zero-order valence-electron chi connectivity index (χ0n) is 18.7. The van der Waals surface area contributed by atoms with Crippen LogP contribution < -0.4 is 30.2 Å². The van der Waals surface area contributed by atoms with E-state index in [1.807, 2.05) is 18.2 Å². The molecule has 2 aliphatic rings. The summed E-state index contributed by atoms with van der Waals surface area (Å²) in [4.78, 5) is 34.2. The molecule has 3 N–H and O–H groups in total. The summed E-state index contributed by atoms with van der Waals surface area (Å²) >= 11 is 0. The quantitative estimate of drug-likeness (QED) is 0.506. The molecule has 5 rings (SSSR count). The van der Waals surface area contributed by atoms with Gasteiger partial charge >= 0.3 is 0 Å². The van der Waals surface area contributed by atoms with Crippen LogP contribution in [-0.4, -0.2) is 54.2 Å². The molecule has 0 bridgehead atoms. The van der Waals surface area contributed by atoms with Crippen LogP contribution in [0.25, 0.3) is 11.0 Å². The number of benzene rings is 1. The van der Waals surface area contributed by atoms with Crippen LogP contribution in [0.4, 0.5) is 5.69 Å². The molecule has 1 fully saturated rings. The highest BCUT2D eigenvalue weighted by Crippen LogP contribution is 2.30. The molecule has 2 aliphatic heterocycles. The number of nitrogens with zero attached hydrogens (tertiary/aromatic N) is 2. The van der Waals surface area contributed by atoms with Gasteiger partial charge in [-0.2, -0.15) is 0 Å². The lowest BCUT2D eigenvalue weighted by Crippen LogP contribution is -2.55. The number of fused-ring (bicyclic) bond motifs is 2. The summed E-state index contributed by atoms with van der Waals surface area (Å²) in [5.41, 5.74) is 2.66. The lowest BCUT2D eigenvalue weighted by molar-refractivity contribution is -0.130. The highest BCUT2D eigenvalue weighted by Gasteiger charge is 2.31. The Labute approximate surface area is 196 Å². The molecule has 176 valence electrons. The van der Waals surface area contributed by atoms with E-state index in [2.05, 4.69) is 25.9 Å². The van der Waals surface area contributed by atoms with Gasteiger partial charge in [0.1, 0.15) is 24.8 Å². The van der Waals surface area contributed by atoms with Crippen molar-refractivity contribution in [3.8, 4) is 17.4 Å². The van der Waals surface area contributed by atoms with Crippen LogP contribution in [0.15, 0.2) is 42.6 Å². The summed E-state index contributed by atoms with van der Waals surface area (Å²) in [5.74, 6) is 1.37. The van der Waals surface area contributed by atoms with Crippen LogP contribution in [0, 0.1) is 0 Å². The molecule has 1 saturated heterocycles. The van der Waals surface area contributed by atoms with Crippen molar-refractivity contribution in [1.29, 1.82) is 0 Å². The summed E-state index contributed by atoms with van der Waals surface area (Å²) in [6.07, 6.45) is 2.65. The van der Waals surface area contributed by atoms with E-state index in [0.29, 0.717) is 61.0 Å². The molecule has 10 nitrogen and oxygen atoms in total. The molecular weight excluding hydrogens is 438 g/mol. The van der Waals surface area contributed by atoms with Crippen LogP contribution in [0.1, 0.15) is 18.4 Å². The minimum atomic E-state index is -0.631. The van der Waals surface area contributed by atoms with Gasteiger partial charge in [-0.1, -0.05) is 6.07 Å². The summed E-state index contributed by atoms with van der Waals surface area (Å²) in [5, 5.41) is 8.96. The first-order valence-electron chi connectivity index (χ1n) is 11.1. The molecule has 0 unspecified atom stereocenters. The van der Waals surface area contributed by atoms with Gasteiger partial charge in [0.25, 0.3) is 0 Å². The van der Waals surface area contributed by atoms with E-state index in [4.69, 9.17) is 14.2 Å². The average molecular weight is 463 g/mol. The monoisotopic (exact) mass is 463 g/mol. The van der Waals surface area contributed by atoms with Crippen LogP contribution in [0.5, 0.6) is 17.4 Å². The molecule has 0 aliphatic carbocycles. The molecular formula is C24H25N5O5. The summed E-state index contributed by atoms with van der Waals surface area (Å²) in [6, 6.07) is 9.88. The van der Waals surface area contributed by atoms with Crippen molar-refractivity contribution in [1.82, 2.24) is 20.6 Å². The van der Waals surface area contributed by atoms with Gasteiger partial charge in [-0.3, -0.25) is 14.6 Å². The lowest BCUT2D eigenvalue weighted by Gasteiger charge is -2.29. The van der Waals surface area contributed by atoms with Gasteiger partial charge in [-0.05, 0) is 42.7 Å². The molecule has 10 heteroatoms. The van der Waals surface area contributed by atoms with Gasteiger partial charge in [0.2, 0.25) is 17.7 Å². The van der Waals surface area contributed by atoms with E-state index in [-0.39, 0.29) is 17.9 Å². The maximum atomic E-state index is 12.9. The lowest BCUT2D eigenvalue weighted by atomic mass is 9.99. The Morgan fingerprint density at radius 1 is 1.15 bits per heavy atom. The third-order valence-corrected chi connectivity index (χ3v) is 5.88. The second-order valence-electron chi connectivity index (χ2n) is 8.12. The van der Waals surface area contributed by atoms with Crippen molar-refractivity contribution in [3.63, 3.8) is 0 Å². The largest absolute Gasteiger partial charge is 0.486 e. The topological polar surface area (TPSA) is 124 Å². The second-order valence-corrected chi connectivity index (χ2v) is 8.12. The van der Waals surface area contributed by atoms with Crippen molar-refractivity contribution in [2.75, 3.05) is 25.6 Å². The number of hydrogen-bond donors (Lipinski definition) is 3. The first kappa shape index (κ1) is 21.9. The normalized spacial score (nSPS) is 19.4. The Bertz CT molecular complexity index is 1230. The van der Waals surface area contributed by atoms with Gasteiger partial charge in [-0.25, -0.2) is 4.98 Å². The smallest absolute Gasteiger partial charge is 0.247 e. The highest BCUT2D eigenvalue weighted by atomic mass is 16.6. The predicted molar refractivity (Wildman–Crippen MR) is 124 cm³/mol. The van der Waals surface area contributed by atoms with E-state index in [0.717, 1.165) is 11.3 Å². The molecule has 0 radical (unpaired) electrons. The van der Waals surface area contributed by atoms with Crippen molar-refractivity contribution in [2.24, 2.45) is 0 Å². The number of anilines is 1. The van der Waals surface area contributed by atoms with Crippen molar-refractivity contribution >= 4 is 28.5 Å². The predicted octanol–water partition coefficient (Wildman–Crippen LogP) is 1.79. The van der Waals surface area contributed by atoms with E-state index < -0.39 is 6.04 Å². The fraction of sp³-hybridized carbons (Fsp3) is 0.333. The number of carbonyl (C=O) groups excluding carboxylic acids is 2. The summed E-state index contributed by atoms with van der Waals surface area (Å²) in [6.45, 7) is 1.57. The molecule has 34 heavy (non-hydrogen) atoms.